The monoisotopic (exact) mass is 345 g/mol. The number of carbonyl (C=O) groups excluding carboxylic acids is 1. The second-order valence-electron chi connectivity index (χ2n) is 6.89. The maximum Gasteiger partial charge on any atom is 0.317 e. The number of nitrogens with zero attached hydrogens (tertiary/aromatic N) is 4. The van der Waals surface area contributed by atoms with Gasteiger partial charge in [0.2, 0.25) is 0 Å². The maximum absolute atomic E-state index is 13.1. The minimum Gasteiger partial charge on any atom is -0.335 e. The topological polar surface area (TPSA) is 63.1 Å². The van der Waals surface area contributed by atoms with E-state index in [1.807, 2.05) is 9.58 Å². The van der Waals surface area contributed by atoms with Crippen LogP contribution in [0.1, 0.15) is 31.9 Å². The fourth-order valence-electron chi connectivity index (χ4n) is 3.13. The van der Waals surface area contributed by atoms with Crippen LogP contribution in [0, 0.1) is 11.7 Å². The molecule has 6 nitrogen and oxygen atoms in total. The molecule has 0 saturated carbocycles. The molecule has 1 aliphatic heterocycles. The van der Waals surface area contributed by atoms with Crippen molar-refractivity contribution in [3.05, 3.63) is 48.3 Å². The number of nitrogens with one attached hydrogen (secondary N) is 1. The molecule has 2 aromatic rings. The van der Waals surface area contributed by atoms with Crippen LogP contribution >= 0.6 is 0 Å². The number of amides is 2. The Bertz CT molecular complexity index is 686. The summed E-state index contributed by atoms with van der Waals surface area (Å²) in [6.07, 6.45) is 4.77. The van der Waals surface area contributed by atoms with Crippen LogP contribution in [0.2, 0.25) is 0 Å². The Morgan fingerprint density at radius 3 is 2.76 bits per heavy atom. The second-order valence-corrected chi connectivity index (χ2v) is 6.89. The van der Waals surface area contributed by atoms with Crippen LogP contribution in [-0.2, 0) is 6.42 Å². The molecule has 2 heterocycles. The van der Waals surface area contributed by atoms with Gasteiger partial charge in [-0.2, -0.15) is 5.10 Å². The molecule has 0 spiro atoms. The van der Waals surface area contributed by atoms with Crippen molar-refractivity contribution in [1.82, 2.24) is 25.0 Å². The summed E-state index contributed by atoms with van der Waals surface area (Å²) in [5, 5.41) is 7.30. The number of hydrogen-bond donors (Lipinski definition) is 1. The van der Waals surface area contributed by atoms with Crippen LogP contribution in [0.15, 0.2) is 36.9 Å². The molecule has 7 heteroatoms. The highest BCUT2D eigenvalue weighted by Gasteiger charge is 2.29. The van der Waals surface area contributed by atoms with Gasteiger partial charge in [-0.3, -0.25) is 0 Å². The summed E-state index contributed by atoms with van der Waals surface area (Å²) < 4.78 is 14.9. The third kappa shape index (κ3) is 4.35. The van der Waals surface area contributed by atoms with E-state index in [2.05, 4.69) is 29.2 Å². The molecule has 134 valence electrons. The third-order valence-electron chi connectivity index (χ3n) is 4.74. The van der Waals surface area contributed by atoms with E-state index < -0.39 is 0 Å². The zero-order chi connectivity index (χ0) is 17.8. The standard InChI is InChI=1S/C18H24FN5O/c1-13(2)17(9-14-3-5-15(19)6-4-14)22-18(25)23-8-7-16(10-23)24-12-20-11-21-24/h3-6,11-13,16-17H,7-10H2,1-2H3,(H,22,25). The predicted molar refractivity (Wildman–Crippen MR) is 92.5 cm³/mol. The lowest BCUT2D eigenvalue weighted by atomic mass is 9.96. The van der Waals surface area contributed by atoms with Crippen LogP contribution in [0.4, 0.5) is 9.18 Å². The van der Waals surface area contributed by atoms with Crippen LogP contribution in [0.25, 0.3) is 0 Å². The summed E-state index contributed by atoms with van der Waals surface area (Å²) in [6.45, 7) is 5.50. The van der Waals surface area contributed by atoms with Crippen LogP contribution in [0.3, 0.4) is 0 Å². The molecule has 1 fully saturated rings. The van der Waals surface area contributed by atoms with E-state index >= 15 is 0 Å². The minimum absolute atomic E-state index is 0.00313. The number of urea groups is 1. The van der Waals surface area contributed by atoms with Crippen molar-refractivity contribution in [2.24, 2.45) is 5.92 Å². The van der Waals surface area contributed by atoms with Crippen molar-refractivity contribution in [2.45, 2.75) is 38.8 Å². The van der Waals surface area contributed by atoms with Gasteiger partial charge in [0.1, 0.15) is 18.5 Å². The molecule has 2 amide bonds. The van der Waals surface area contributed by atoms with E-state index in [1.165, 1.54) is 18.5 Å². The average molecular weight is 345 g/mol. The van der Waals surface area contributed by atoms with Gasteiger partial charge in [-0.1, -0.05) is 26.0 Å². The minimum atomic E-state index is -0.245. The fraction of sp³-hybridized carbons (Fsp3) is 0.500. The Balaban J connectivity index is 1.58. The van der Waals surface area contributed by atoms with E-state index in [9.17, 15) is 9.18 Å². The Kier molecular flexibility index (Phi) is 5.31. The first-order valence-corrected chi connectivity index (χ1v) is 8.67. The molecule has 2 unspecified atom stereocenters. The molecule has 1 aromatic carbocycles. The van der Waals surface area contributed by atoms with Crippen molar-refractivity contribution in [3.8, 4) is 0 Å². The summed E-state index contributed by atoms with van der Waals surface area (Å²) in [7, 11) is 0. The first-order valence-electron chi connectivity index (χ1n) is 8.67. The van der Waals surface area contributed by atoms with Gasteiger partial charge < -0.3 is 10.2 Å². The number of carbonyl (C=O) groups is 1. The van der Waals surface area contributed by atoms with Crippen molar-refractivity contribution in [2.75, 3.05) is 13.1 Å². The van der Waals surface area contributed by atoms with E-state index in [1.54, 1.807) is 18.5 Å². The van der Waals surface area contributed by atoms with Crippen molar-refractivity contribution < 1.29 is 9.18 Å². The molecule has 1 aromatic heterocycles. The first kappa shape index (κ1) is 17.4. The predicted octanol–water partition coefficient (Wildman–Crippen LogP) is 2.64. The van der Waals surface area contributed by atoms with E-state index in [0.717, 1.165) is 12.0 Å². The number of halogens is 1. The average Bonchev–Trinajstić information content (AvgIpc) is 3.27. The summed E-state index contributed by atoms with van der Waals surface area (Å²) in [6, 6.07) is 6.59. The quantitative estimate of drug-likeness (QED) is 0.906. The summed E-state index contributed by atoms with van der Waals surface area (Å²) >= 11 is 0. The Labute approximate surface area is 147 Å². The Morgan fingerprint density at radius 2 is 2.12 bits per heavy atom. The van der Waals surface area contributed by atoms with Gasteiger partial charge in [0, 0.05) is 19.1 Å². The number of hydrogen-bond acceptors (Lipinski definition) is 3. The molecule has 3 rings (SSSR count). The molecule has 1 N–H and O–H groups in total. The maximum atomic E-state index is 13.1. The zero-order valence-corrected chi connectivity index (χ0v) is 14.6. The van der Waals surface area contributed by atoms with E-state index in [-0.39, 0.29) is 29.8 Å². The number of rotatable bonds is 5. The normalized spacial score (nSPS) is 18.6. The van der Waals surface area contributed by atoms with E-state index in [4.69, 9.17) is 0 Å². The van der Waals surface area contributed by atoms with Gasteiger partial charge in [-0.05, 0) is 36.5 Å². The van der Waals surface area contributed by atoms with E-state index in [0.29, 0.717) is 19.5 Å². The first-order chi connectivity index (χ1) is 12.0. The lowest BCUT2D eigenvalue weighted by molar-refractivity contribution is 0.198. The Hall–Kier alpha value is -2.44. The lowest BCUT2D eigenvalue weighted by Gasteiger charge is -2.26. The Morgan fingerprint density at radius 1 is 1.36 bits per heavy atom. The number of benzene rings is 1. The van der Waals surface area contributed by atoms with Gasteiger partial charge >= 0.3 is 6.03 Å². The lowest BCUT2D eigenvalue weighted by Crippen LogP contribution is -2.47. The smallest absolute Gasteiger partial charge is 0.317 e. The van der Waals surface area contributed by atoms with Gasteiger partial charge in [0.15, 0.2) is 0 Å². The largest absolute Gasteiger partial charge is 0.335 e. The summed E-state index contributed by atoms with van der Waals surface area (Å²) in [4.78, 5) is 18.4. The molecule has 0 radical (unpaired) electrons. The number of aromatic nitrogens is 3. The summed E-state index contributed by atoms with van der Waals surface area (Å²) in [5.74, 6) is 0.0350. The highest BCUT2D eigenvalue weighted by atomic mass is 19.1. The van der Waals surface area contributed by atoms with Crippen LogP contribution in [-0.4, -0.2) is 44.8 Å². The highest BCUT2D eigenvalue weighted by molar-refractivity contribution is 5.75. The molecule has 25 heavy (non-hydrogen) atoms. The highest BCUT2D eigenvalue weighted by Crippen LogP contribution is 2.20. The summed E-state index contributed by atoms with van der Waals surface area (Å²) in [5.41, 5.74) is 1.02. The molecule has 1 aliphatic rings. The van der Waals surface area contributed by atoms with Gasteiger partial charge in [0.05, 0.1) is 6.04 Å². The zero-order valence-electron chi connectivity index (χ0n) is 14.6. The molecular weight excluding hydrogens is 321 g/mol. The molecule has 0 bridgehead atoms. The van der Waals surface area contributed by atoms with Gasteiger partial charge in [-0.25, -0.2) is 18.9 Å². The fourth-order valence-corrected chi connectivity index (χ4v) is 3.13. The molecular formula is C18H24FN5O. The van der Waals surface area contributed by atoms with Gasteiger partial charge in [0.25, 0.3) is 0 Å². The molecule has 0 aliphatic carbocycles. The van der Waals surface area contributed by atoms with Crippen molar-refractivity contribution >= 4 is 6.03 Å². The van der Waals surface area contributed by atoms with Crippen LogP contribution in [0.5, 0.6) is 0 Å². The van der Waals surface area contributed by atoms with Crippen molar-refractivity contribution in [1.29, 1.82) is 0 Å². The third-order valence-corrected chi connectivity index (χ3v) is 4.74. The number of likely N-dealkylation sites (tertiary alicyclic amines) is 1. The molecule has 1 saturated heterocycles. The SMILES string of the molecule is CC(C)C(Cc1ccc(F)cc1)NC(=O)N1CCC(n2cncn2)C1. The van der Waals surface area contributed by atoms with Crippen molar-refractivity contribution in [3.63, 3.8) is 0 Å². The van der Waals surface area contributed by atoms with Gasteiger partial charge in [-0.15, -0.1) is 0 Å². The van der Waals surface area contributed by atoms with Crippen LogP contribution < -0.4 is 5.32 Å². The second kappa shape index (κ2) is 7.63. The molecule has 2 atom stereocenters.